The van der Waals surface area contributed by atoms with Crippen LogP contribution in [0.1, 0.15) is 13.8 Å². The van der Waals surface area contributed by atoms with Gasteiger partial charge in [0.15, 0.2) is 0 Å². The summed E-state index contributed by atoms with van der Waals surface area (Å²) in [6.07, 6.45) is 1.76. The Hall–Kier alpha value is -0.265. The van der Waals surface area contributed by atoms with Crippen molar-refractivity contribution in [1.29, 1.82) is 0 Å². The first-order valence-corrected chi connectivity index (χ1v) is 1.99. The van der Waals surface area contributed by atoms with Gasteiger partial charge in [-0.05, 0) is 13.8 Å². The van der Waals surface area contributed by atoms with Crippen LogP contribution in [0.15, 0.2) is 11.5 Å². The van der Waals surface area contributed by atoms with Gasteiger partial charge in [0.05, 0.1) is 0 Å². The number of hydrogen-bond acceptors (Lipinski definition) is 0. The highest BCUT2D eigenvalue weighted by Gasteiger charge is 1.82. The molecule has 0 aliphatic heterocycles. The quantitative estimate of drug-likeness (QED) is 0.421. The third-order valence-electron chi connectivity index (χ3n) is 0.704. The number of allylic oxidation sites excluding steroid dienone is 2. The Morgan fingerprint density at radius 3 is 2.33 bits per heavy atom. The van der Waals surface area contributed by atoms with Crippen molar-refractivity contribution in [2.24, 2.45) is 0 Å². The average Bonchev–Trinajstić information content (AvgIpc) is 1.65. The summed E-state index contributed by atoms with van der Waals surface area (Å²) < 4.78 is 11.3. The van der Waals surface area contributed by atoms with E-state index in [1.165, 1.54) is 0 Å². The molecule has 0 aromatic heterocycles. The summed E-state index contributed by atoms with van der Waals surface area (Å²) in [5.74, 6) is 0. The van der Waals surface area contributed by atoms with Gasteiger partial charge in [0.2, 0.25) is 0 Å². The molecule has 0 aliphatic rings. The molecule has 0 unspecified atom stereocenters. The van der Waals surface area contributed by atoms with Crippen LogP contribution in [0, 0.1) is 0 Å². The first-order chi connectivity index (χ1) is 2.81. The largest absolute Gasteiger partial charge is 0.359 e. The monoisotopic (exact) mass is 86.1 g/mol. The fourth-order valence-corrected chi connectivity index (χ4v) is 0.0772. The van der Waals surface area contributed by atoms with Crippen LogP contribution in [-0.2, 0) is 0 Å². The highest BCUT2D eigenvalue weighted by atomic mass is 19.1. The lowest BCUT2D eigenvalue weighted by molar-refractivity contribution is 0.876. The van der Waals surface area contributed by atoms with E-state index in [-0.39, 0.29) is 7.56 Å². The van der Waals surface area contributed by atoms with Crippen LogP contribution in [0.3, 0.4) is 0 Å². The Kier molecular flexibility index (Phi) is 2.82. The van der Waals surface area contributed by atoms with Gasteiger partial charge in [-0.3, -0.25) is 0 Å². The van der Waals surface area contributed by atoms with Gasteiger partial charge in [-0.25, -0.2) is 0 Å². The van der Waals surface area contributed by atoms with Gasteiger partial charge >= 0.3 is 7.56 Å². The van der Waals surface area contributed by atoms with Crippen molar-refractivity contribution < 1.29 is 4.32 Å². The fraction of sp³-hybridized carbons (Fsp3) is 0.500. The van der Waals surface area contributed by atoms with Crippen molar-refractivity contribution in [3.63, 3.8) is 0 Å². The molecule has 0 aromatic rings. The molecule has 0 amide bonds. The summed E-state index contributed by atoms with van der Waals surface area (Å²) in [6, 6.07) is 0. The summed E-state index contributed by atoms with van der Waals surface area (Å²) >= 11 is 0. The molecule has 0 saturated heterocycles. The lowest BCUT2D eigenvalue weighted by Crippen LogP contribution is -1.78. The molecule has 0 saturated carbocycles. The molecular formula is C4H8BF. The highest BCUT2D eigenvalue weighted by molar-refractivity contribution is 6.36. The third-order valence-corrected chi connectivity index (χ3v) is 0.704. The average molecular weight is 85.9 g/mol. The number of halogens is 1. The molecule has 0 N–H and O–H groups in total. The summed E-state index contributed by atoms with van der Waals surface area (Å²) in [4.78, 5) is 0. The van der Waals surface area contributed by atoms with Crippen LogP contribution in [0.25, 0.3) is 0 Å². The van der Waals surface area contributed by atoms with Crippen LogP contribution in [0.5, 0.6) is 0 Å². The summed E-state index contributed by atoms with van der Waals surface area (Å²) in [6.45, 7) is 3.59. The predicted molar refractivity (Wildman–Crippen MR) is 27.7 cm³/mol. The zero-order chi connectivity index (χ0) is 4.99. The van der Waals surface area contributed by atoms with Crippen LogP contribution in [-0.4, -0.2) is 7.56 Å². The minimum absolute atomic E-state index is 0.309. The van der Waals surface area contributed by atoms with Crippen molar-refractivity contribution in [2.45, 2.75) is 13.8 Å². The van der Waals surface area contributed by atoms with E-state index in [0.717, 1.165) is 5.47 Å². The Bertz CT molecular complexity index is 58.6. The molecule has 0 rings (SSSR count). The van der Waals surface area contributed by atoms with Gasteiger partial charge < -0.3 is 4.32 Å². The van der Waals surface area contributed by atoms with E-state index < -0.39 is 0 Å². The van der Waals surface area contributed by atoms with Crippen molar-refractivity contribution in [2.75, 3.05) is 0 Å². The van der Waals surface area contributed by atoms with Crippen LogP contribution in [0.2, 0.25) is 0 Å². The number of rotatable bonds is 1. The van der Waals surface area contributed by atoms with E-state index in [9.17, 15) is 4.32 Å². The molecule has 0 heterocycles. The first kappa shape index (κ1) is 5.73. The molecule has 6 heavy (non-hydrogen) atoms. The van der Waals surface area contributed by atoms with E-state index in [4.69, 9.17) is 0 Å². The van der Waals surface area contributed by atoms with Gasteiger partial charge in [-0.15, -0.1) is 0 Å². The van der Waals surface area contributed by atoms with Crippen LogP contribution < -0.4 is 0 Å². The van der Waals surface area contributed by atoms with Crippen LogP contribution in [0.4, 0.5) is 4.32 Å². The minimum atomic E-state index is -0.309. The maximum Gasteiger partial charge on any atom is 0.359 e. The highest BCUT2D eigenvalue weighted by Crippen LogP contribution is 1.85. The first-order valence-electron chi connectivity index (χ1n) is 1.99. The topological polar surface area (TPSA) is 0 Å². The van der Waals surface area contributed by atoms with E-state index >= 15 is 0 Å². The Morgan fingerprint density at radius 2 is 2.33 bits per heavy atom. The molecule has 0 atom stereocenters. The van der Waals surface area contributed by atoms with E-state index in [1.807, 2.05) is 6.92 Å². The Labute approximate surface area is 38.3 Å². The molecule has 0 nitrogen and oxygen atoms in total. The number of hydrogen-bond donors (Lipinski definition) is 0. The second-order valence-electron chi connectivity index (χ2n) is 1.27. The van der Waals surface area contributed by atoms with Crippen molar-refractivity contribution in [1.82, 2.24) is 0 Å². The molecule has 34 valence electrons. The van der Waals surface area contributed by atoms with Crippen molar-refractivity contribution in [3.05, 3.63) is 11.5 Å². The van der Waals surface area contributed by atoms with Crippen LogP contribution >= 0.6 is 0 Å². The molecule has 0 aromatic carbocycles. The molecular weight excluding hydrogens is 77.9 g/mol. The van der Waals surface area contributed by atoms with E-state index in [1.54, 1.807) is 13.0 Å². The minimum Gasteiger partial charge on any atom is -0.335 e. The second kappa shape index (κ2) is 2.95. The summed E-state index contributed by atoms with van der Waals surface area (Å²) in [5, 5.41) is 0. The predicted octanol–water partition coefficient (Wildman–Crippen LogP) is 1.23. The maximum atomic E-state index is 11.3. The summed E-state index contributed by atoms with van der Waals surface area (Å²) in [7, 11) is -0.309. The lowest BCUT2D eigenvalue weighted by Gasteiger charge is -1.79. The standard InChI is InChI=1S/C4H8BF/c1-3-4(2)5-6/h3,5H,1-2H3/b4-3+. The van der Waals surface area contributed by atoms with Gasteiger partial charge in [0, 0.05) is 0 Å². The van der Waals surface area contributed by atoms with E-state index in [2.05, 4.69) is 0 Å². The zero-order valence-electron chi connectivity index (χ0n) is 4.16. The fourth-order valence-electron chi connectivity index (χ4n) is 0.0772. The molecule has 0 bridgehead atoms. The third kappa shape index (κ3) is 2.00. The molecule has 0 radical (unpaired) electrons. The lowest BCUT2D eigenvalue weighted by atomic mass is 9.93. The molecule has 2 heteroatoms. The molecule has 0 fully saturated rings. The van der Waals surface area contributed by atoms with Gasteiger partial charge in [-0.1, -0.05) is 11.5 Å². The Balaban J connectivity index is 3.22. The SMILES string of the molecule is C/C=C(\C)BF. The Morgan fingerprint density at radius 1 is 1.83 bits per heavy atom. The van der Waals surface area contributed by atoms with Gasteiger partial charge in [0.1, 0.15) is 0 Å². The van der Waals surface area contributed by atoms with E-state index in [0.29, 0.717) is 0 Å². The van der Waals surface area contributed by atoms with Crippen molar-refractivity contribution >= 4 is 7.56 Å². The summed E-state index contributed by atoms with van der Waals surface area (Å²) in [5.41, 5.74) is 0.801. The zero-order valence-corrected chi connectivity index (χ0v) is 4.16. The second-order valence-corrected chi connectivity index (χ2v) is 1.27. The molecule has 0 spiro atoms. The maximum absolute atomic E-state index is 11.3. The van der Waals surface area contributed by atoms with Crippen molar-refractivity contribution in [3.8, 4) is 0 Å². The normalized spacial score (nSPS) is 11.5. The van der Waals surface area contributed by atoms with Gasteiger partial charge in [0.25, 0.3) is 0 Å². The van der Waals surface area contributed by atoms with Gasteiger partial charge in [-0.2, -0.15) is 0 Å². The molecule has 0 aliphatic carbocycles. The smallest absolute Gasteiger partial charge is 0.335 e.